The van der Waals surface area contributed by atoms with Crippen LogP contribution in [0.5, 0.6) is 0 Å². The smallest absolute Gasteiger partial charge is 0.255 e. The lowest BCUT2D eigenvalue weighted by Crippen LogP contribution is -2.32. The Morgan fingerprint density at radius 2 is 1.78 bits per heavy atom. The predicted octanol–water partition coefficient (Wildman–Crippen LogP) is 3.72. The Balaban J connectivity index is 1.58. The van der Waals surface area contributed by atoms with Gasteiger partial charge in [0.1, 0.15) is 0 Å². The van der Waals surface area contributed by atoms with Crippen molar-refractivity contribution in [1.29, 1.82) is 0 Å². The summed E-state index contributed by atoms with van der Waals surface area (Å²) in [7, 11) is 0. The topological polar surface area (TPSA) is 62.3 Å². The molecule has 1 aliphatic heterocycles. The molecule has 0 saturated carbocycles. The first-order valence-corrected chi connectivity index (χ1v) is 9.78. The highest BCUT2D eigenvalue weighted by Crippen LogP contribution is 2.14. The number of amides is 2. The van der Waals surface area contributed by atoms with Gasteiger partial charge in [-0.05, 0) is 43.0 Å². The van der Waals surface area contributed by atoms with Crippen molar-refractivity contribution in [1.82, 2.24) is 15.2 Å². The number of nitrogens with zero attached hydrogens (tertiary/aromatic N) is 2. The fourth-order valence-electron chi connectivity index (χ4n) is 3.25. The number of hydrogen-bond donors (Lipinski definition) is 1. The highest BCUT2D eigenvalue weighted by molar-refractivity contribution is 6.30. The summed E-state index contributed by atoms with van der Waals surface area (Å²) in [6.45, 7) is 2.03. The van der Waals surface area contributed by atoms with Gasteiger partial charge in [0.15, 0.2) is 0 Å². The van der Waals surface area contributed by atoms with Crippen molar-refractivity contribution in [3.63, 3.8) is 0 Å². The molecule has 5 nitrogen and oxygen atoms in total. The van der Waals surface area contributed by atoms with Crippen LogP contribution in [0.3, 0.4) is 0 Å². The maximum Gasteiger partial charge on any atom is 0.255 e. The Bertz CT molecular complexity index is 802. The number of likely N-dealkylation sites (tertiary alicyclic amines) is 1. The molecule has 1 aliphatic rings. The molecule has 27 heavy (non-hydrogen) atoms. The highest BCUT2D eigenvalue weighted by atomic mass is 35.5. The largest absolute Gasteiger partial charge is 0.352 e. The van der Waals surface area contributed by atoms with Gasteiger partial charge in [0.2, 0.25) is 0 Å². The van der Waals surface area contributed by atoms with Crippen LogP contribution in [0, 0.1) is 0 Å². The van der Waals surface area contributed by atoms with Gasteiger partial charge in [0.05, 0.1) is 11.1 Å². The lowest BCUT2D eigenvalue weighted by atomic mass is 10.1. The fourth-order valence-corrected chi connectivity index (χ4v) is 3.47. The van der Waals surface area contributed by atoms with Crippen molar-refractivity contribution in [3.8, 4) is 0 Å². The average molecular weight is 386 g/mol. The van der Waals surface area contributed by atoms with E-state index in [1.165, 1.54) is 12.4 Å². The second kappa shape index (κ2) is 9.51. The van der Waals surface area contributed by atoms with Crippen LogP contribution < -0.4 is 5.32 Å². The zero-order valence-electron chi connectivity index (χ0n) is 15.3. The maximum atomic E-state index is 12.7. The Morgan fingerprint density at radius 3 is 2.52 bits per heavy atom. The molecule has 142 valence electrons. The minimum atomic E-state index is -0.227. The normalized spacial score (nSPS) is 14.5. The molecule has 1 aromatic carbocycles. The van der Waals surface area contributed by atoms with Crippen molar-refractivity contribution in [2.24, 2.45) is 0 Å². The Morgan fingerprint density at radius 1 is 1.04 bits per heavy atom. The molecule has 6 heteroatoms. The van der Waals surface area contributed by atoms with Crippen LogP contribution in [-0.2, 0) is 6.42 Å². The van der Waals surface area contributed by atoms with Gasteiger partial charge in [-0.3, -0.25) is 14.6 Å². The van der Waals surface area contributed by atoms with Crippen molar-refractivity contribution < 1.29 is 9.59 Å². The molecule has 1 aromatic heterocycles. The van der Waals surface area contributed by atoms with Crippen molar-refractivity contribution in [2.75, 3.05) is 19.6 Å². The number of halogens is 1. The van der Waals surface area contributed by atoms with E-state index in [0.29, 0.717) is 29.1 Å². The molecule has 0 atom stereocenters. The van der Waals surface area contributed by atoms with Gasteiger partial charge in [-0.1, -0.05) is 36.6 Å². The van der Waals surface area contributed by atoms with Crippen LogP contribution in [0.1, 0.15) is 52.0 Å². The summed E-state index contributed by atoms with van der Waals surface area (Å²) >= 11 is 5.97. The lowest BCUT2D eigenvalue weighted by molar-refractivity contribution is 0.0761. The molecule has 3 rings (SSSR count). The molecule has 0 spiro atoms. The molecule has 0 bridgehead atoms. The number of carbonyl (C=O) groups is 2. The van der Waals surface area contributed by atoms with Gasteiger partial charge in [-0.2, -0.15) is 0 Å². The van der Waals surface area contributed by atoms with E-state index in [2.05, 4.69) is 10.3 Å². The van der Waals surface area contributed by atoms with Gasteiger partial charge >= 0.3 is 0 Å². The van der Waals surface area contributed by atoms with Crippen LogP contribution >= 0.6 is 11.6 Å². The summed E-state index contributed by atoms with van der Waals surface area (Å²) in [5.41, 5.74) is 1.94. The third kappa shape index (κ3) is 5.54. The summed E-state index contributed by atoms with van der Waals surface area (Å²) in [6, 6.07) is 9.20. The SMILES string of the molecule is O=C(NCCc1cccc(Cl)c1)c1cncc(C(=O)N2CCCCCC2)c1. The molecule has 0 radical (unpaired) electrons. The molecule has 2 aromatic rings. The molecule has 0 aliphatic carbocycles. The van der Waals surface area contributed by atoms with Gasteiger partial charge in [0, 0.05) is 37.1 Å². The van der Waals surface area contributed by atoms with E-state index in [1.807, 2.05) is 29.2 Å². The molecular weight excluding hydrogens is 362 g/mol. The summed E-state index contributed by atoms with van der Waals surface area (Å²) in [6.07, 6.45) is 8.11. The molecular formula is C21H24ClN3O2. The lowest BCUT2D eigenvalue weighted by Gasteiger charge is -2.20. The van der Waals surface area contributed by atoms with E-state index >= 15 is 0 Å². The van der Waals surface area contributed by atoms with Crippen molar-refractivity contribution in [2.45, 2.75) is 32.1 Å². The molecule has 1 fully saturated rings. The number of aromatic nitrogens is 1. The minimum absolute atomic E-state index is 0.0435. The van der Waals surface area contributed by atoms with Crippen LogP contribution in [0.15, 0.2) is 42.7 Å². The summed E-state index contributed by atoms with van der Waals surface area (Å²) in [5.74, 6) is -0.270. The fraction of sp³-hybridized carbons (Fsp3) is 0.381. The standard InChI is InChI=1S/C21H24ClN3O2/c22-19-7-5-6-16(12-19)8-9-24-20(26)17-13-18(15-23-14-17)21(27)25-10-3-1-2-4-11-25/h5-7,12-15H,1-4,8-11H2,(H,24,26). The second-order valence-corrected chi connectivity index (χ2v) is 7.24. The predicted molar refractivity (Wildman–Crippen MR) is 106 cm³/mol. The second-order valence-electron chi connectivity index (χ2n) is 6.80. The molecule has 0 unspecified atom stereocenters. The third-order valence-electron chi connectivity index (χ3n) is 4.73. The molecule has 1 saturated heterocycles. The zero-order chi connectivity index (χ0) is 19.1. The zero-order valence-corrected chi connectivity index (χ0v) is 16.0. The van der Waals surface area contributed by atoms with E-state index in [9.17, 15) is 9.59 Å². The van der Waals surface area contributed by atoms with E-state index in [-0.39, 0.29) is 11.8 Å². The number of rotatable bonds is 5. The van der Waals surface area contributed by atoms with Crippen LogP contribution in [0.4, 0.5) is 0 Å². The molecule has 2 heterocycles. The van der Waals surface area contributed by atoms with E-state index in [1.54, 1.807) is 6.07 Å². The van der Waals surface area contributed by atoms with Crippen LogP contribution in [0.25, 0.3) is 0 Å². The van der Waals surface area contributed by atoms with Gasteiger partial charge in [-0.25, -0.2) is 0 Å². The first kappa shape index (κ1) is 19.4. The summed E-state index contributed by atoms with van der Waals surface area (Å²) < 4.78 is 0. The Hall–Kier alpha value is -2.40. The summed E-state index contributed by atoms with van der Waals surface area (Å²) in [5, 5.41) is 3.56. The van der Waals surface area contributed by atoms with Gasteiger partial charge in [0.25, 0.3) is 11.8 Å². The average Bonchev–Trinajstić information content (AvgIpc) is 2.97. The first-order chi connectivity index (χ1) is 13.1. The van der Waals surface area contributed by atoms with Crippen LogP contribution in [-0.4, -0.2) is 41.3 Å². The molecule has 2 amide bonds. The van der Waals surface area contributed by atoms with Crippen LogP contribution in [0.2, 0.25) is 5.02 Å². The van der Waals surface area contributed by atoms with Crippen molar-refractivity contribution in [3.05, 3.63) is 64.4 Å². The number of hydrogen-bond acceptors (Lipinski definition) is 3. The maximum absolute atomic E-state index is 12.7. The van der Waals surface area contributed by atoms with Gasteiger partial charge < -0.3 is 10.2 Å². The number of nitrogens with one attached hydrogen (secondary N) is 1. The number of carbonyl (C=O) groups excluding carboxylic acids is 2. The first-order valence-electron chi connectivity index (χ1n) is 9.40. The Kier molecular flexibility index (Phi) is 6.82. The molecule has 1 N–H and O–H groups in total. The van der Waals surface area contributed by atoms with E-state index < -0.39 is 0 Å². The Labute approximate surface area is 164 Å². The number of benzene rings is 1. The monoisotopic (exact) mass is 385 g/mol. The number of pyridine rings is 1. The van der Waals surface area contributed by atoms with E-state index in [0.717, 1.165) is 44.3 Å². The van der Waals surface area contributed by atoms with E-state index in [4.69, 9.17) is 11.6 Å². The minimum Gasteiger partial charge on any atom is -0.352 e. The van der Waals surface area contributed by atoms with Gasteiger partial charge in [-0.15, -0.1) is 0 Å². The van der Waals surface area contributed by atoms with Crippen molar-refractivity contribution >= 4 is 23.4 Å². The third-order valence-corrected chi connectivity index (χ3v) is 4.96. The quantitative estimate of drug-likeness (QED) is 0.853. The highest BCUT2D eigenvalue weighted by Gasteiger charge is 2.18. The summed E-state index contributed by atoms with van der Waals surface area (Å²) in [4.78, 5) is 31.1.